The minimum atomic E-state index is -0.131. The van der Waals surface area contributed by atoms with E-state index in [1.807, 2.05) is 6.92 Å². The fourth-order valence-corrected chi connectivity index (χ4v) is 2.32. The zero-order chi connectivity index (χ0) is 12.7. The number of unbranched alkanes of at least 4 members (excludes halogenated alkanes) is 1. The number of hydrogen-bond donors (Lipinski definition) is 2. The number of amides is 1. The summed E-state index contributed by atoms with van der Waals surface area (Å²) < 4.78 is 0. The molecule has 1 amide bonds. The maximum absolute atomic E-state index is 11.7. The lowest BCUT2D eigenvalue weighted by Crippen LogP contribution is -2.42. The number of carbonyl (C=O) groups excluding carboxylic acids is 1. The van der Waals surface area contributed by atoms with Crippen LogP contribution in [0.2, 0.25) is 0 Å². The Hall–Kier alpha value is -0.870. The average Bonchev–Trinajstić information content (AvgIpc) is 2.72. The summed E-state index contributed by atoms with van der Waals surface area (Å²) in [5.74, 6) is 0.0904. The molecular formula is C13H22N2OS. The van der Waals surface area contributed by atoms with Gasteiger partial charge in [-0.3, -0.25) is 4.79 Å². The van der Waals surface area contributed by atoms with E-state index in [-0.39, 0.29) is 11.9 Å². The molecule has 3 nitrogen and oxygen atoms in total. The zero-order valence-electron chi connectivity index (χ0n) is 10.9. The van der Waals surface area contributed by atoms with Gasteiger partial charge in [-0.25, -0.2) is 0 Å². The highest BCUT2D eigenvalue weighted by Crippen LogP contribution is 2.14. The highest BCUT2D eigenvalue weighted by molar-refractivity contribution is 7.10. The van der Waals surface area contributed by atoms with E-state index in [9.17, 15) is 4.79 Å². The number of hydrogen-bond acceptors (Lipinski definition) is 3. The van der Waals surface area contributed by atoms with E-state index in [1.165, 1.54) is 10.4 Å². The predicted molar refractivity (Wildman–Crippen MR) is 73.3 cm³/mol. The Morgan fingerprint density at radius 2 is 2.29 bits per heavy atom. The van der Waals surface area contributed by atoms with E-state index in [0.29, 0.717) is 0 Å². The summed E-state index contributed by atoms with van der Waals surface area (Å²) in [5.41, 5.74) is 1.29. The normalized spacial score (nSPS) is 12.4. The summed E-state index contributed by atoms with van der Waals surface area (Å²) in [6, 6.07) is 1.97. The second-order valence-corrected chi connectivity index (χ2v) is 5.27. The fraction of sp³-hybridized carbons (Fsp3) is 0.615. The van der Waals surface area contributed by atoms with Crippen molar-refractivity contribution >= 4 is 17.2 Å². The first-order valence-corrected chi connectivity index (χ1v) is 7.07. The Balaban J connectivity index is 2.27. The van der Waals surface area contributed by atoms with Gasteiger partial charge in [0.2, 0.25) is 5.91 Å². The molecule has 17 heavy (non-hydrogen) atoms. The molecule has 1 aromatic heterocycles. The Morgan fingerprint density at radius 3 is 2.88 bits per heavy atom. The van der Waals surface area contributed by atoms with Gasteiger partial charge in [0.1, 0.15) is 0 Å². The summed E-state index contributed by atoms with van der Waals surface area (Å²) in [6.45, 7) is 7.67. The molecule has 0 spiro atoms. The van der Waals surface area contributed by atoms with Crippen molar-refractivity contribution in [1.29, 1.82) is 0 Å². The van der Waals surface area contributed by atoms with Gasteiger partial charge in [0.25, 0.3) is 0 Å². The van der Waals surface area contributed by atoms with Crippen LogP contribution in [0.5, 0.6) is 0 Å². The molecule has 0 fully saturated rings. The number of thiophene rings is 1. The van der Waals surface area contributed by atoms with Crippen molar-refractivity contribution in [2.75, 3.05) is 6.54 Å². The molecule has 4 heteroatoms. The van der Waals surface area contributed by atoms with Crippen LogP contribution in [0.25, 0.3) is 0 Å². The molecule has 1 rings (SSSR count). The molecule has 0 radical (unpaired) electrons. The van der Waals surface area contributed by atoms with Crippen LogP contribution in [0.1, 0.15) is 37.1 Å². The Kier molecular flexibility index (Phi) is 6.22. The van der Waals surface area contributed by atoms with Crippen LogP contribution in [0.15, 0.2) is 11.4 Å². The van der Waals surface area contributed by atoms with Crippen molar-refractivity contribution in [2.45, 2.75) is 46.2 Å². The molecule has 1 aromatic rings. The van der Waals surface area contributed by atoms with E-state index in [4.69, 9.17) is 0 Å². The van der Waals surface area contributed by atoms with Gasteiger partial charge in [0, 0.05) is 18.0 Å². The number of rotatable bonds is 7. The molecule has 0 saturated carbocycles. The van der Waals surface area contributed by atoms with Gasteiger partial charge in [-0.05, 0) is 37.3 Å². The van der Waals surface area contributed by atoms with Gasteiger partial charge in [0.15, 0.2) is 0 Å². The molecule has 96 valence electrons. The quantitative estimate of drug-likeness (QED) is 0.734. The first-order valence-electron chi connectivity index (χ1n) is 6.19. The number of aryl methyl sites for hydroxylation is 1. The third kappa shape index (κ3) is 4.88. The molecule has 1 heterocycles. The second kappa shape index (κ2) is 7.45. The zero-order valence-corrected chi connectivity index (χ0v) is 11.7. The van der Waals surface area contributed by atoms with Gasteiger partial charge < -0.3 is 10.6 Å². The van der Waals surface area contributed by atoms with Gasteiger partial charge in [-0.2, -0.15) is 0 Å². The molecule has 0 bridgehead atoms. The minimum absolute atomic E-state index is 0.0904. The molecule has 0 aromatic carbocycles. The first-order chi connectivity index (χ1) is 8.15. The predicted octanol–water partition coefficient (Wildman–Crippen LogP) is 2.45. The number of nitrogens with one attached hydrogen (secondary N) is 2. The van der Waals surface area contributed by atoms with Crippen LogP contribution >= 0.6 is 11.3 Å². The Labute approximate surface area is 108 Å². The van der Waals surface area contributed by atoms with E-state index < -0.39 is 0 Å². The SMILES string of the molecule is CCCCNC(=O)C(C)NCc1sccc1C. The second-order valence-electron chi connectivity index (χ2n) is 4.27. The molecule has 0 aliphatic carbocycles. The van der Waals surface area contributed by atoms with Gasteiger partial charge >= 0.3 is 0 Å². The van der Waals surface area contributed by atoms with Crippen molar-refractivity contribution in [1.82, 2.24) is 10.6 Å². The summed E-state index contributed by atoms with van der Waals surface area (Å²) in [5, 5.41) is 8.26. The molecule has 2 N–H and O–H groups in total. The third-order valence-corrected chi connectivity index (χ3v) is 3.78. The van der Waals surface area contributed by atoms with E-state index in [0.717, 1.165) is 25.9 Å². The minimum Gasteiger partial charge on any atom is -0.355 e. The van der Waals surface area contributed by atoms with Crippen molar-refractivity contribution in [3.63, 3.8) is 0 Å². The van der Waals surface area contributed by atoms with Crippen molar-refractivity contribution in [2.24, 2.45) is 0 Å². The summed E-state index contributed by atoms with van der Waals surface area (Å²) in [6.07, 6.45) is 2.15. The lowest BCUT2D eigenvalue weighted by molar-refractivity contribution is -0.122. The van der Waals surface area contributed by atoms with Gasteiger partial charge in [0.05, 0.1) is 6.04 Å². The van der Waals surface area contributed by atoms with Gasteiger partial charge in [-0.15, -0.1) is 11.3 Å². The van der Waals surface area contributed by atoms with Crippen molar-refractivity contribution < 1.29 is 4.79 Å². The largest absolute Gasteiger partial charge is 0.355 e. The van der Waals surface area contributed by atoms with Crippen molar-refractivity contribution in [3.8, 4) is 0 Å². The highest BCUT2D eigenvalue weighted by atomic mass is 32.1. The lowest BCUT2D eigenvalue weighted by atomic mass is 10.2. The molecule has 0 aliphatic rings. The maximum Gasteiger partial charge on any atom is 0.236 e. The fourth-order valence-electron chi connectivity index (χ4n) is 1.47. The average molecular weight is 254 g/mol. The van der Waals surface area contributed by atoms with Crippen molar-refractivity contribution in [3.05, 3.63) is 21.9 Å². The lowest BCUT2D eigenvalue weighted by Gasteiger charge is -2.13. The topological polar surface area (TPSA) is 41.1 Å². The number of carbonyl (C=O) groups is 1. The molecule has 0 aliphatic heterocycles. The summed E-state index contributed by atoms with van der Waals surface area (Å²) in [4.78, 5) is 13.0. The Morgan fingerprint density at radius 1 is 1.53 bits per heavy atom. The van der Waals surface area contributed by atoms with Crippen LogP contribution in [0.4, 0.5) is 0 Å². The van der Waals surface area contributed by atoms with E-state index in [1.54, 1.807) is 11.3 Å². The molecule has 1 atom stereocenters. The van der Waals surface area contributed by atoms with Crippen LogP contribution in [-0.4, -0.2) is 18.5 Å². The van der Waals surface area contributed by atoms with Crippen LogP contribution in [-0.2, 0) is 11.3 Å². The monoisotopic (exact) mass is 254 g/mol. The van der Waals surface area contributed by atoms with E-state index in [2.05, 4.69) is 35.9 Å². The molecule has 1 unspecified atom stereocenters. The molecule has 0 saturated heterocycles. The van der Waals surface area contributed by atoms with E-state index >= 15 is 0 Å². The van der Waals surface area contributed by atoms with Crippen LogP contribution in [0.3, 0.4) is 0 Å². The maximum atomic E-state index is 11.7. The third-order valence-electron chi connectivity index (χ3n) is 2.76. The highest BCUT2D eigenvalue weighted by Gasteiger charge is 2.11. The molecular weight excluding hydrogens is 232 g/mol. The van der Waals surface area contributed by atoms with Crippen LogP contribution < -0.4 is 10.6 Å². The first kappa shape index (κ1) is 14.2. The standard InChI is InChI=1S/C13H22N2OS/c1-4-5-7-14-13(16)11(3)15-9-12-10(2)6-8-17-12/h6,8,11,15H,4-5,7,9H2,1-3H3,(H,14,16). The summed E-state index contributed by atoms with van der Waals surface area (Å²) >= 11 is 1.73. The van der Waals surface area contributed by atoms with Gasteiger partial charge in [-0.1, -0.05) is 13.3 Å². The Bertz CT molecular complexity index is 349. The summed E-state index contributed by atoms with van der Waals surface area (Å²) in [7, 11) is 0. The smallest absolute Gasteiger partial charge is 0.236 e. The van der Waals surface area contributed by atoms with Crippen LogP contribution in [0, 0.1) is 6.92 Å².